The van der Waals surface area contributed by atoms with E-state index in [1.165, 1.54) is 67.4 Å². The van der Waals surface area contributed by atoms with Crippen molar-refractivity contribution in [2.45, 2.75) is 57.4 Å². The smallest absolute Gasteiger partial charge is 0.0614 e. The highest BCUT2D eigenvalue weighted by Crippen LogP contribution is 2.57. The zero-order chi connectivity index (χ0) is 36.4. The number of anilines is 4. The van der Waals surface area contributed by atoms with E-state index in [1.54, 1.807) is 5.57 Å². The van der Waals surface area contributed by atoms with Crippen molar-refractivity contribution in [2.24, 2.45) is 5.41 Å². The molecule has 6 aromatic carbocycles. The van der Waals surface area contributed by atoms with Crippen LogP contribution in [-0.2, 0) is 5.41 Å². The fourth-order valence-corrected chi connectivity index (χ4v) is 10.1. The normalized spacial score (nSPS) is 21.7. The lowest BCUT2D eigenvalue weighted by atomic mass is 9.65. The fourth-order valence-electron chi connectivity index (χ4n) is 10.1. The molecule has 0 radical (unpaired) electrons. The Kier molecular flexibility index (Phi) is 7.66. The second-order valence-corrected chi connectivity index (χ2v) is 16.3. The summed E-state index contributed by atoms with van der Waals surface area (Å²) in [5.74, 6) is 0.352. The molecule has 3 unspecified atom stereocenters. The van der Waals surface area contributed by atoms with Crippen LogP contribution < -0.4 is 9.80 Å². The highest BCUT2D eigenvalue weighted by Gasteiger charge is 2.50. The largest absolute Gasteiger partial charge is 0.334 e. The van der Waals surface area contributed by atoms with Gasteiger partial charge in [0.25, 0.3) is 0 Å². The number of nitrogens with zero attached hydrogens (tertiary/aromatic N) is 2. The van der Waals surface area contributed by atoms with Crippen LogP contribution in [0.2, 0.25) is 0 Å². The molecule has 3 aliphatic carbocycles. The molecule has 1 heterocycles. The van der Waals surface area contributed by atoms with Gasteiger partial charge in [0, 0.05) is 45.2 Å². The molecule has 2 nitrogen and oxygen atoms in total. The van der Waals surface area contributed by atoms with Crippen LogP contribution in [0.25, 0.3) is 22.3 Å². The van der Waals surface area contributed by atoms with Gasteiger partial charge in [0.2, 0.25) is 0 Å². The molecule has 6 aromatic rings. The first-order valence-corrected chi connectivity index (χ1v) is 19.6. The van der Waals surface area contributed by atoms with Crippen LogP contribution in [0.3, 0.4) is 0 Å². The molecule has 0 aromatic heterocycles. The summed E-state index contributed by atoms with van der Waals surface area (Å²) >= 11 is 0. The molecule has 0 bridgehead atoms. The first-order chi connectivity index (χ1) is 26.4. The number of para-hydroxylation sites is 1. The second kappa shape index (κ2) is 12.6. The van der Waals surface area contributed by atoms with Crippen LogP contribution in [0, 0.1) is 5.41 Å². The lowest BCUT2D eigenvalue weighted by Gasteiger charge is -2.42. The first-order valence-electron chi connectivity index (χ1n) is 19.6. The fraction of sp³-hybridized carbons (Fsp3) is 0.192. The van der Waals surface area contributed by atoms with E-state index in [0.29, 0.717) is 12.0 Å². The minimum absolute atomic E-state index is 0.0553. The van der Waals surface area contributed by atoms with Gasteiger partial charge >= 0.3 is 0 Å². The van der Waals surface area contributed by atoms with Gasteiger partial charge < -0.3 is 9.80 Å². The molecule has 2 heteroatoms. The summed E-state index contributed by atoms with van der Waals surface area (Å²) in [6.45, 7) is 7.25. The maximum atomic E-state index is 2.61. The van der Waals surface area contributed by atoms with Crippen LogP contribution in [0.1, 0.15) is 62.6 Å². The topological polar surface area (TPSA) is 6.48 Å². The zero-order valence-corrected chi connectivity index (χ0v) is 31.4. The summed E-state index contributed by atoms with van der Waals surface area (Å²) in [6.07, 6.45) is 13.1. The molecule has 1 aliphatic heterocycles. The Hall–Kier alpha value is -5.86. The van der Waals surface area contributed by atoms with E-state index in [2.05, 4.69) is 207 Å². The molecule has 0 amide bonds. The van der Waals surface area contributed by atoms with Crippen LogP contribution in [0.4, 0.5) is 22.7 Å². The van der Waals surface area contributed by atoms with Gasteiger partial charge in [0.1, 0.15) is 0 Å². The predicted octanol–water partition coefficient (Wildman–Crippen LogP) is 13.7. The third kappa shape index (κ3) is 5.15. The van der Waals surface area contributed by atoms with Gasteiger partial charge in [0.05, 0.1) is 6.04 Å². The standard InChI is InChI=1S/C52H46N2/c1-51(2)46-19-11-10-18-44(46)45-32-31-43(34-48(45)51)53(40-16-8-5-9-17-40)41-27-24-38(25-28-41)39-26-33-50-52(3,35-39)47-20-12-13-21-49(47)54(50)42-29-22-37(23-30-42)36-14-6-4-7-15-36/h4-11,13-19,21-34,39,50H,12,20,35H2,1-3H3. The van der Waals surface area contributed by atoms with Crippen molar-refractivity contribution >= 4 is 22.7 Å². The SMILES string of the molecule is CC1(C)c2ccccc2-c2ccc(N(c3ccccc3)c3ccc(C4C=CC5N(c6ccc(-c7ccccc7)cc6)C6=C(CCC=C6)C5(C)C4)cc3)cc21. The molecule has 3 atom stereocenters. The zero-order valence-electron chi connectivity index (χ0n) is 31.4. The monoisotopic (exact) mass is 698 g/mol. The van der Waals surface area contributed by atoms with Crippen molar-refractivity contribution in [2.75, 3.05) is 9.80 Å². The average molecular weight is 699 g/mol. The van der Waals surface area contributed by atoms with E-state index >= 15 is 0 Å². The second-order valence-electron chi connectivity index (χ2n) is 16.3. The van der Waals surface area contributed by atoms with Crippen molar-refractivity contribution in [3.05, 3.63) is 204 Å². The molecule has 0 spiro atoms. The van der Waals surface area contributed by atoms with Gasteiger partial charge in [-0.25, -0.2) is 0 Å². The average Bonchev–Trinajstić information content (AvgIpc) is 3.62. The molecule has 10 rings (SSSR count). The quantitative estimate of drug-likeness (QED) is 0.160. The highest BCUT2D eigenvalue weighted by atomic mass is 15.2. The molecule has 0 saturated carbocycles. The van der Waals surface area contributed by atoms with E-state index in [0.717, 1.165) is 19.3 Å². The third-order valence-corrected chi connectivity index (χ3v) is 12.9. The molecular weight excluding hydrogens is 653 g/mol. The Labute approximate surface area is 320 Å². The van der Waals surface area contributed by atoms with Crippen molar-refractivity contribution in [3.8, 4) is 22.3 Å². The molecular formula is C52H46N2. The Morgan fingerprint density at radius 1 is 0.593 bits per heavy atom. The summed E-state index contributed by atoms with van der Waals surface area (Å²) < 4.78 is 0. The van der Waals surface area contributed by atoms with Gasteiger partial charge in [-0.1, -0.05) is 142 Å². The molecule has 0 N–H and O–H groups in total. The summed E-state index contributed by atoms with van der Waals surface area (Å²) in [5.41, 5.74) is 17.2. The first kappa shape index (κ1) is 32.8. The Balaban J connectivity index is 0.970. The molecule has 4 aliphatic rings. The lowest BCUT2D eigenvalue weighted by molar-refractivity contribution is 0.308. The minimum Gasteiger partial charge on any atom is -0.334 e. The van der Waals surface area contributed by atoms with Gasteiger partial charge in [-0.15, -0.1) is 0 Å². The number of allylic oxidation sites excluding steroid dienone is 3. The van der Waals surface area contributed by atoms with Crippen molar-refractivity contribution < 1.29 is 0 Å². The predicted molar refractivity (Wildman–Crippen MR) is 227 cm³/mol. The van der Waals surface area contributed by atoms with Crippen LogP contribution in [-0.4, -0.2) is 6.04 Å². The maximum Gasteiger partial charge on any atom is 0.0614 e. The van der Waals surface area contributed by atoms with E-state index < -0.39 is 0 Å². The van der Waals surface area contributed by atoms with Crippen molar-refractivity contribution in [3.63, 3.8) is 0 Å². The van der Waals surface area contributed by atoms with Gasteiger partial charge in [0.15, 0.2) is 0 Å². The maximum absolute atomic E-state index is 2.61. The van der Waals surface area contributed by atoms with Crippen LogP contribution in [0.5, 0.6) is 0 Å². The minimum atomic E-state index is -0.0553. The number of hydrogen-bond acceptors (Lipinski definition) is 2. The third-order valence-electron chi connectivity index (χ3n) is 12.9. The molecule has 0 saturated heterocycles. The Bertz CT molecular complexity index is 2450. The van der Waals surface area contributed by atoms with E-state index in [1.807, 2.05) is 0 Å². The number of rotatable bonds is 6. The van der Waals surface area contributed by atoms with Gasteiger partial charge in [-0.05, 0) is 118 Å². The summed E-state index contributed by atoms with van der Waals surface area (Å²) in [4.78, 5) is 5.03. The summed E-state index contributed by atoms with van der Waals surface area (Å²) in [7, 11) is 0. The highest BCUT2D eigenvalue weighted by molar-refractivity contribution is 5.85. The van der Waals surface area contributed by atoms with Gasteiger partial charge in [-0.3, -0.25) is 0 Å². The van der Waals surface area contributed by atoms with Crippen LogP contribution in [0.15, 0.2) is 187 Å². The van der Waals surface area contributed by atoms with Crippen LogP contribution >= 0.6 is 0 Å². The van der Waals surface area contributed by atoms with E-state index in [9.17, 15) is 0 Å². The Morgan fingerprint density at radius 2 is 1.24 bits per heavy atom. The van der Waals surface area contributed by atoms with E-state index in [-0.39, 0.29) is 10.8 Å². The molecule has 0 fully saturated rings. The van der Waals surface area contributed by atoms with E-state index in [4.69, 9.17) is 0 Å². The van der Waals surface area contributed by atoms with Crippen molar-refractivity contribution in [1.82, 2.24) is 0 Å². The number of hydrogen-bond donors (Lipinski definition) is 0. The van der Waals surface area contributed by atoms with Gasteiger partial charge in [-0.2, -0.15) is 0 Å². The number of fused-ring (bicyclic) bond motifs is 5. The summed E-state index contributed by atoms with van der Waals surface area (Å²) in [6, 6.07) is 56.4. The lowest BCUT2D eigenvalue weighted by Crippen LogP contribution is -2.41. The molecule has 264 valence electrons. The summed E-state index contributed by atoms with van der Waals surface area (Å²) in [5, 5.41) is 0. The Morgan fingerprint density at radius 3 is 2.02 bits per heavy atom. The number of benzene rings is 6. The van der Waals surface area contributed by atoms with Crippen molar-refractivity contribution in [1.29, 1.82) is 0 Å². The molecule has 54 heavy (non-hydrogen) atoms.